The number of halogens is 1. The molecule has 118 valence electrons. The monoisotopic (exact) mass is 405 g/mol. The molecule has 0 fully saturated rings. The van der Waals surface area contributed by atoms with Crippen molar-refractivity contribution in [1.82, 2.24) is 4.90 Å². The van der Waals surface area contributed by atoms with Crippen LogP contribution in [0, 0.1) is 9.49 Å². The van der Waals surface area contributed by atoms with Crippen LogP contribution in [0.25, 0.3) is 0 Å². The number of ether oxygens (including phenoxy) is 1. The van der Waals surface area contributed by atoms with Crippen LogP contribution >= 0.6 is 22.6 Å². The minimum absolute atomic E-state index is 0.183. The van der Waals surface area contributed by atoms with E-state index in [2.05, 4.69) is 36.4 Å². The summed E-state index contributed by atoms with van der Waals surface area (Å²) in [6.45, 7) is 7.89. The van der Waals surface area contributed by atoms with Crippen LogP contribution in [-0.2, 0) is 10.5 Å². The summed E-state index contributed by atoms with van der Waals surface area (Å²) >= 11 is 2.24. The number of carbonyl (C=O) groups is 1. The van der Waals surface area contributed by atoms with Gasteiger partial charge in [-0.15, -0.1) is 0 Å². The minimum Gasteiger partial charge on any atom is -0.465 e. The summed E-state index contributed by atoms with van der Waals surface area (Å²) in [4.78, 5) is 13.3. The van der Waals surface area contributed by atoms with E-state index in [1.54, 1.807) is 7.11 Å². The van der Waals surface area contributed by atoms with E-state index in [0.717, 1.165) is 9.13 Å². The zero-order valence-corrected chi connectivity index (χ0v) is 15.4. The summed E-state index contributed by atoms with van der Waals surface area (Å²) in [6.07, 6.45) is -0.360. The summed E-state index contributed by atoms with van der Waals surface area (Å²) in [5.41, 5.74) is -0.0655. The summed E-state index contributed by atoms with van der Waals surface area (Å²) in [6, 6.07) is 7.61. The van der Waals surface area contributed by atoms with Crippen LogP contribution in [0.15, 0.2) is 24.3 Å². The first kappa shape index (κ1) is 18.2. The number of amides is 1. The van der Waals surface area contributed by atoms with Gasteiger partial charge in [0.05, 0.1) is 0 Å². The number of carboxylic acid groups (broad SMARTS) is 1. The Morgan fingerprint density at radius 2 is 1.90 bits per heavy atom. The Balaban J connectivity index is 3.54. The summed E-state index contributed by atoms with van der Waals surface area (Å²) in [7, 11) is 1.59. The molecule has 1 N–H and O–H groups in total. The van der Waals surface area contributed by atoms with Crippen molar-refractivity contribution in [2.45, 2.75) is 45.9 Å². The number of hydrogen-bond donors (Lipinski definition) is 1. The number of rotatable bonds is 6. The van der Waals surface area contributed by atoms with Crippen LogP contribution in [-0.4, -0.2) is 29.3 Å². The lowest BCUT2D eigenvalue weighted by Gasteiger charge is -2.45. The maximum Gasteiger partial charge on any atom is 0.410 e. The lowest BCUT2D eigenvalue weighted by Crippen LogP contribution is -2.54. The first-order valence-corrected chi connectivity index (χ1v) is 8.16. The first-order chi connectivity index (χ1) is 9.76. The largest absolute Gasteiger partial charge is 0.465 e. The highest BCUT2D eigenvalue weighted by Gasteiger charge is 2.44. The lowest BCUT2D eigenvalue weighted by atomic mass is 9.90. The molecule has 0 saturated carbocycles. The van der Waals surface area contributed by atoms with E-state index in [0.29, 0.717) is 12.3 Å². The van der Waals surface area contributed by atoms with E-state index in [1.807, 2.05) is 38.1 Å². The SMILES string of the molecule is CO[C@@](CC(C)C)(c1ccccc1I)N(C(=O)O)C(C)C. The third-order valence-corrected chi connectivity index (χ3v) is 4.37. The maximum absolute atomic E-state index is 11.9. The fourth-order valence-electron chi connectivity index (χ4n) is 2.75. The van der Waals surface area contributed by atoms with Gasteiger partial charge in [0.25, 0.3) is 0 Å². The van der Waals surface area contributed by atoms with Crippen molar-refractivity contribution in [3.63, 3.8) is 0 Å². The van der Waals surface area contributed by atoms with E-state index in [-0.39, 0.29) is 6.04 Å². The Hall–Kier alpha value is -0.820. The molecule has 1 atom stereocenters. The highest BCUT2D eigenvalue weighted by atomic mass is 127. The molecule has 0 spiro atoms. The lowest BCUT2D eigenvalue weighted by molar-refractivity contribution is -0.151. The Morgan fingerprint density at radius 3 is 2.29 bits per heavy atom. The van der Waals surface area contributed by atoms with Gasteiger partial charge in [-0.1, -0.05) is 32.0 Å². The molecule has 0 aliphatic rings. The number of benzene rings is 1. The first-order valence-electron chi connectivity index (χ1n) is 7.08. The fraction of sp³-hybridized carbons (Fsp3) is 0.562. The van der Waals surface area contributed by atoms with Crippen molar-refractivity contribution in [3.8, 4) is 0 Å². The number of methoxy groups -OCH3 is 1. The molecule has 0 aliphatic heterocycles. The molecule has 0 unspecified atom stereocenters. The third-order valence-electron chi connectivity index (χ3n) is 3.43. The van der Waals surface area contributed by atoms with Crippen LogP contribution in [0.5, 0.6) is 0 Å². The van der Waals surface area contributed by atoms with Crippen molar-refractivity contribution < 1.29 is 14.6 Å². The van der Waals surface area contributed by atoms with Gasteiger partial charge in [-0.2, -0.15) is 0 Å². The zero-order chi connectivity index (χ0) is 16.2. The van der Waals surface area contributed by atoms with Crippen molar-refractivity contribution in [2.75, 3.05) is 7.11 Å². The maximum atomic E-state index is 11.9. The van der Waals surface area contributed by atoms with Crippen LogP contribution in [0.4, 0.5) is 4.79 Å². The molecule has 4 nitrogen and oxygen atoms in total. The molecule has 5 heteroatoms. The van der Waals surface area contributed by atoms with E-state index < -0.39 is 11.8 Å². The van der Waals surface area contributed by atoms with Gasteiger partial charge in [0.2, 0.25) is 0 Å². The Kier molecular flexibility index (Phi) is 6.46. The quantitative estimate of drug-likeness (QED) is 0.559. The number of nitrogens with zero attached hydrogens (tertiary/aromatic N) is 1. The molecule has 1 aromatic rings. The molecule has 0 heterocycles. The smallest absolute Gasteiger partial charge is 0.410 e. The average molecular weight is 405 g/mol. The van der Waals surface area contributed by atoms with Crippen molar-refractivity contribution >= 4 is 28.7 Å². The van der Waals surface area contributed by atoms with Crippen LogP contribution in [0.3, 0.4) is 0 Å². The molecule has 0 aromatic heterocycles. The fourth-order valence-corrected chi connectivity index (χ4v) is 3.56. The Morgan fingerprint density at radius 1 is 1.33 bits per heavy atom. The van der Waals surface area contributed by atoms with Gasteiger partial charge < -0.3 is 9.84 Å². The van der Waals surface area contributed by atoms with E-state index in [9.17, 15) is 9.90 Å². The topological polar surface area (TPSA) is 49.8 Å². The molecule has 0 saturated heterocycles. The molecule has 1 aromatic carbocycles. The Labute approximate surface area is 140 Å². The van der Waals surface area contributed by atoms with Gasteiger partial charge in [-0.3, -0.25) is 4.90 Å². The molecule has 1 rings (SSSR count). The Bertz CT molecular complexity index is 490. The van der Waals surface area contributed by atoms with E-state index >= 15 is 0 Å². The highest BCUT2D eigenvalue weighted by molar-refractivity contribution is 14.1. The highest BCUT2D eigenvalue weighted by Crippen LogP contribution is 2.39. The predicted octanol–water partition coefficient (Wildman–Crippen LogP) is 4.52. The number of hydrogen-bond acceptors (Lipinski definition) is 2. The molecule has 0 radical (unpaired) electrons. The van der Waals surface area contributed by atoms with Gasteiger partial charge >= 0.3 is 6.09 Å². The van der Waals surface area contributed by atoms with E-state index in [4.69, 9.17) is 4.74 Å². The summed E-state index contributed by atoms with van der Waals surface area (Å²) in [5.74, 6) is 0.293. The molecule has 21 heavy (non-hydrogen) atoms. The minimum atomic E-state index is -0.966. The third kappa shape index (κ3) is 3.88. The summed E-state index contributed by atoms with van der Waals surface area (Å²) < 4.78 is 6.84. The second kappa shape index (κ2) is 7.45. The predicted molar refractivity (Wildman–Crippen MR) is 92.3 cm³/mol. The molecular formula is C16H24INO3. The summed E-state index contributed by atoms with van der Waals surface area (Å²) in [5, 5.41) is 9.72. The van der Waals surface area contributed by atoms with Crippen LogP contribution in [0.2, 0.25) is 0 Å². The second-order valence-corrected chi connectivity index (χ2v) is 6.97. The van der Waals surface area contributed by atoms with Crippen LogP contribution < -0.4 is 0 Å². The van der Waals surface area contributed by atoms with E-state index in [1.165, 1.54) is 4.90 Å². The molecular weight excluding hydrogens is 381 g/mol. The normalized spacial score (nSPS) is 14.3. The van der Waals surface area contributed by atoms with Gasteiger partial charge in [0.1, 0.15) is 0 Å². The molecule has 1 amide bonds. The standard InChI is InChI=1S/C16H24INO3/c1-11(2)10-16(21-5,18(12(3)4)15(19)20)13-8-6-7-9-14(13)17/h6-9,11-12H,10H2,1-5H3,(H,19,20)/t16-/m0/s1. The van der Waals surface area contributed by atoms with Crippen LogP contribution in [0.1, 0.15) is 39.7 Å². The van der Waals surface area contributed by atoms with Crippen molar-refractivity contribution in [3.05, 3.63) is 33.4 Å². The van der Waals surface area contributed by atoms with Gasteiger partial charge in [-0.05, 0) is 48.4 Å². The average Bonchev–Trinajstić information content (AvgIpc) is 2.36. The molecule has 0 bridgehead atoms. The van der Waals surface area contributed by atoms with Crippen molar-refractivity contribution in [2.24, 2.45) is 5.92 Å². The van der Waals surface area contributed by atoms with Gasteiger partial charge in [0, 0.05) is 28.7 Å². The second-order valence-electron chi connectivity index (χ2n) is 5.81. The van der Waals surface area contributed by atoms with Crippen molar-refractivity contribution in [1.29, 1.82) is 0 Å². The molecule has 0 aliphatic carbocycles. The van der Waals surface area contributed by atoms with Gasteiger partial charge in [0.15, 0.2) is 5.72 Å². The van der Waals surface area contributed by atoms with Gasteiger partial charge in [-0.25, -0.2) is 4.79 Å². The zero-order valence-electron chi connectivity index (χ0n) is 13.3.